The SMILES string of the molecule is CC(C)(CCN)CCC(=O)NCC(C)(O)CO. The Hall–Kier alpha value is -0.650. The molecular formula is C12H26N2O3. The Kier molecular flexibility index (Phi) is 6.67. The van der Waals surface area contributed by atoms with Crippen LogP contribution in [0, 0.1) is 5.41 Å². The van der Waals surface area contributed by atoms with Crippen molar-refractivity contribution in [3.05, 3.63) is 0 Å². The molecule has 0 aliphatic carbocycles. The average molecular weight is 246 g/mol. The molecule has 0 bridgehead atoms. The number of amides is 1. The smallest absolute Gasteiger partial charge is 0.220 e. The lowest BCUT2D eigenvalue weighted by molar-refractivity contribution is -0.123. The molecule has 5 heteroatoms. The highest BCUT2D eigenvalue weighted by atomic mass is 16.3. The van der Waals surface area contributed by atoms with Crippen molar-refractivity contribution in [2.45, 2.75) is 45.6 Å². The molecule has 1 amide bonds. The van der Waals surface area contributed by atoms with E-state index in [9.17, 15) is 9.90 Å². The van der Waals surface area contributed by atoms with Crippen LogP contribution in [0.1, 0.15) is 40.0 Å². The van der Waals surface area contributed by atoms with E-state index >= 15 is 0 Å². The largest absolute Gasteiger partial charge is 0.393 e. The van der Waals surface area contributed by atoms with E-state index in [0.717, 1.165) is 12.8 Å². The predicted molar refractivity (Wildman–Crippen MR) is 67.4 cm³/mol. The number of nitrogens with one attached hydrogen (secondary N) is 1. The van der Waals surface area contributed by atoms with E-state index in [4.69, 9.17) is 10.8 Å². The molecule has 1 atom stereocenters. The summed E-state index contributed by atoms with van der Waals surface area (Å²) in [7, 11) is 0. The van der Waals surface area contributed by atoms with Crippen molar-refractivity contribution in [2.24, 2.45) is 11.1 Å². The molecule has 0 rings (SSSR count). The van der Waals surface area contributed by atoms with E-state index < -0.39 is 5.60 Å². The summed E-state index contributed by atoms with van der Waals surface area (Å²) in [4.78, 5) is 11.5. The van der Waals surface area contributed by atoms with Crippen LogP contribution in [-0.2, 0) is 4.79 Å². The van der Waals surface area contributed by atoms with Crippen molar-refractivity contribution in [3.8, 4) is 0 Å². The van der Waals surface area contributed by atoms with E-state index in [1.165, 1.54) is 6.92 Å². The summed E-state index contributed by atoms with van der Waals surface area (Å²) in [5.74, 6) is -0.108. The van der Waals surface area contributed by atoms with Gasteiger partial charge in [0.1, 0.15) is 5.60 Å². The van der Waals surface area contributed by atoms with E-state index in [2.05, 4.69) is 19.2 Å². The fraction of sp³-hybridized carbons (Fsp3) is 0.917. The molecule has 0 aromatic carbocycles. The number of hydrogen-bond donors (Lipinski definition) is 4. The maximum atomic E-state index is 11.5. The molecule has 0 aliphatic heterocycles. The molecule has 0 aromatic heterocycles. The quantitative estimate of drug-likeness (QED) is 0.485. The third-order valence-corrected chi connectivity index (χ3v) is 2.86. The summed E-state index contributed by atoms with van der Waals surface area (Å²) >= 11 is 0. The Morgan fingerprint density at radius 3 is 2.35 bits per heavy atom. The normalized spacial score (nSPS) is 15.4. The van der Waals surface area contributed by atoms with Crippen LogP contribution in [0.15, 0.2) is 0 Å². The number of aliphatic hydroxyl groups is 2. The summed E-state index contributed by atoms with van der Waals surface area (Å²) in [5, 5.41) is 20.9. The van der Waals surface area contributed by atoms with Gasteiger partial charge in [-0.2, -0.15) is 0 Å². The Morgan fingerprint density at radius 2 is 1.88 bits per heavy atom. The van der Waals surface area contributed by atoms with Crippen molar-refractivity contribution in [1.82, 2.24) is 5.32 Å². The molecule has 0 aromatic rings. The molecule has 0 aliphatic rings. The highest BCUT2D eigenvalue weighted by Crippen LogP contribution is 2.25. The Balaban J connectivity index is 3.88. The van der Waals surface area contributed by atoms with Gasteiger partial charge in [-0.05, 0) is 31.7 Å². The van der Waals surface area contributed by atoms with Crippen LogP contribution >= 0.6 is 0 Å². The molecule has 0 spiro atoms. The van der Waals surface area contributed by atoms with Crippen LogP contribution in [0.5, 0.6) is 0 Å². The lowest BCUT2D eigenvalue weighted by Crippen LogP contribution is -2.43. The van der Waals surface area contributed by atoms with Crippen LogP contribution in [-0.4, -0.2) is 41.4 Å². The molecule has 0 fully saturated rings. The molecule has 5 N–H and O–H groups in total. The monoisotopic (exact) mass is 246 g/mol. The highest BCUT2D eigenvalue weighted by molar-refractivity contribution is 5.75. The lowest BCUT2D eigenvalue weighted by Gasteiger charge is -2.24. The number of rotatable bonds is 8. The second kappa shape index (κ2) is 6.93. The fourth-order valence-electron chi connectivity index (χ4n) is 1.40. The van der Waals surface area contributed by atoms with Gasteiger partial charge in [-0.3, -0.25) is 4.79 Å². The van der Waals surface area contributed by atoms with E-state index in [0.29, 0.717) is 13.0 Å². The molecular weight excluding hydrogens is 220 g/mol. The van der Waals surface area contributed by atoms with Gasteiger partial charge in [-0.25, -0.2) is 0 Å². The number of carbonyl (C=O) groups excluding carboxylic acids is 1. The molecule has 0 saturated carbocycles. The average Bonchev–Trinajstić information content (AvgIpc) is 2.24. The van der Waals surface area contributed by atoms with Crippen LogP contribution in [0.25, 0.3) is 0 Å². The minimum atomic E-state index is -1.25. The van der Waals surface area contributed by atoms with Gasteiger partial charge in [0.15, 0.2) is 0 Å². The first-order valence-electron chi connectivity index (χ1n) is 6.02. The number of nitrogens with two attached hydrogens (primary N) is 1. The van der Waals surface area contributed by atoms with Crippen molar-refractivity contribution in [1.29, 1.82) is 0 Å². The molecule has 0 heterocycles. The number of aliphatic hydroxyl groups excluding tert-OH is 1. The van der Waals surface area contributed by atoms with Gasteiger partial charge in [0.2, 0.25) is 5.91 Å². The lowest BCUT2D eigenvalue weighted by atomic mass is 9.84. The molecule has 102 valence electrons. The topological polar surface area (TPSA) is 95.6 Å². The van der Waals surface area contributed by atoms with Crippen LogP contribution < -0.4 is 11.1 Å². The van der Waals surface area contributed by atoms with Crippen LogP contribution in [0.4, 0.5) is 0 Å². The van der Waals surface area contributed by atoms with Gasteiger partial charge < -0.3 is 21.3 Å². The van der Waals surface area contributed by atoms with Crippen molar-refractivity contribution in [3.63, 3.8) is 0 Å². The zero-order valence-electron chi connectivity index (χ0n) is 11.1. The first-order valence-corrected chi connectivity index (χ1v) is 6.02. The Labute approximate surface area is 103 Å². The Morgan fingerprint density at radius 1 is 1.29 bits per heavy atom. The van der Waals surface area contributed by atoms with E-state index in [1.807, 2.05) is 0 Å². The second-order valence-electron chi connectivity index (χ2n) is 5.63. The van der Waals surface area contributed by atoms with Gasteiger partial charge in [0.05, 0.1) is 6.61 Å². The summed E-state index contributed by atoms with van der Waals surface area (Å²) in [6.07, 6.45) is 2.06. The van der Waals surface area contributed by atoms with Crippen molar-refractivity contribution in [2.75, 3.05) is 19.7 Å². The summed E-state index contributed by atoms with van der Waals surface area (Å²) in [6, 6.07) is 0. The van der Waals surface area contributed by atoms with Gasteiger partial charge in [0, 0.05) is 13.0 Å². The fourth-order valence-corrected chi connectivity index (χ4v) is 1.40. The predicted octanol–water partition coefficient (Wildman–Crippen LogP) is 0.00110. The van der Waals surface area contributed by atoms with Crippen LogP contribution in [0.3, 0.4) is 0 Å². The zero-order chi connectivity index (χ0) is 13.5. The molecule has 5 nitrogen and oxygen atoms in total. The van der Waals surface area contributed by atoms with Crippen LogP contribution in [0.2, 0.25) is 0 Å². The van der Waals surface area contributed by atoms with Gasteiger partial charge in [-0.1, -0.05) is 13.8 Å². The van der Waals surface area contributed by atoms with Gasteiger partial charge in [-0.15, -0.1) is 0 Å². The van der Waals surface area contributed by atoms with Gasteiger partial charge >= 0.3 is 0 Å². The first kappa shape index (κ1) is 16.4. The third kappa shape index (κ3) is 8.12. The second-order valence-corrected chi connectivity index (χ2v) is 5.63. The first-order chi connectivity index (χ1) is 7.72. The summed E-state index contributed by atoms with van der Waals surface area (Å²) in [6.45, 7) is 5.96. The van der Waals surface area contributed by atoms with E-state index in [-0.39, 0.29) is 24.5 Å². The molecule has 0 saturated heterocycles. The number of carbonyl (C=O) groups is 1. The molecule has 0 radical (unpaired) electrons. The van der Waals surface area contributed by atoms with Gasteiger partial charge in [0.25, 0.3) is 0 Å². The third-order valence-electron chi connectivity index (χ3n) is 2.86. The highest BCUT2D eigenvalue weighted by Gasteiger charge is 2.21. The standard InChI is InChI=1S/C12H26N2O3/c1-11(2,6-7-13)5-4-10(16)14-8-12(3,17)9-15/h15,17H,4-9,13H2,1-3H3,(H,14,16). The molecule has 17 heavy (non-hydrogen) atoms. The van der Waals surface area contributed by atoms with Crippen molar-refractivity contribution >= 4 is 5.91 Å². The summed E-state index contributed by atoms with van der Waals surface area (Å²) in [5.41, 5.74) is 4.31. The Bertz CT molecular complexity index is 240. The minimum absolute atomic E-state index is 0.0611. The maximum absolute atomic E-state index is 11.5. The summed E-state index contributed by atoms with van der Waals surface area (Å²) < 4.78 is 0. The zero-order valence-corrected chi connectivity index (χ0v) is 11.1. The van der Waals surface area contributed by atoms with E-state index in [1.54, 1.807) is 0 Å². The maximum Gasteiger partial charge on any atom is 0.220 e. The number of hydrogen-bond acceptors (Lipinski definition) is 4. The minimum Gasteiger partial charge on any atom is -0.393 e. The molecule has 1 unspecified atom stereocenters. The van der Waals surface area contributed by atoms with Crippen molar-refractivity contribution < 1.29 is 15.0 Å².